The molecule has 4 heteroatoms. The van der Waals surface area contributed by atoms with E-state index < -0.39 is 0 Å². The van der Waals surface area contributed by atoms with Gasteiger partial charge >= 0.3 is 0 Å². The summed E-state index contributed by atoms with van der Waals surface area (Å²) in [6.45, 7) is 4.66. The van der Waals surface area contributed by atoms with Crippen LogP contribution in [0, 0.1) is 17.8 Å². The molecule has 0 aromatic heterocycles. The molecule has 1 aliphatic heterocycles. The molecule has 1 heterocycles. The lowest BCUT2D eigenvalue weighted by molar-refractivity contribution is -0.139. The van der Waals surface area contributed by atoms with Crippen LogP contribution in [-0.4, -0.2) is 43.7 Å². The van der Waals surface area contributed by atoms with Crippen molar-refractivity contribution in [2.45, 2.75) is 51.5 Å². The highest BCUT2D eigenvalue weighted by Gasteiger charge is 2.33. The Morgan fingerprint density at radius 3 is 2.85 bits per heavy atom. The number of methoxy groups -OCH3 is 1. The van der Waals surface area contributed by atoms with E-state index in [2.05, 4.69) is 11.8 Å². The zero-order valence-corrected chi connectivity index (χ0v) is 13.0. The van der Waals surface area contributed by atoms with Gasteiger partial charge in [-0.05, 0) is 43.9 Å². The van der Waals surface area contributed by atoms with Gasteiger partial charge in [-0.3, -0.25) is 4.79 Å². The monoisotopic (exact) mass is 282 g/mol. The minimum Gasteiger partial charge on any atom is -0.384 e. The highest BCUT2D eigenvalue weighted by molar-refractivity contribution is 5.79. The van der Waals surface area contributed by atoms with Crippen LogP contribution in [0.3, 0.4) is 0 Å². The molecule has 1 saturated carbocycles. The molecule has 2 rings (SSSR count). The van der Waals surface area contributed by atoms with Crippen molar-refractivity contribution in [3.05, 3.63) is 0 Å². The number of nitrogens with two attached hydrogens (primary N) is 1. The van der Waals surface area contributed by atoms with Crippen molar-refractivity contribution in [1.29, 1.82) is 0 Å². The van der Waals surface area contributed by atoms with Crippen LogP contribution in [0.4, 0.5) is 0 Å². The van der Waals surface area contributed by atoms with Gasteiger partial charge < -0.3 is 15.4 Å². The first-order valence-corrected chi connectivity index (χ1v) is 8.15. The van der Waals surface area contributed by atoms with Gasteiger partial charge in [-0.25, -0.2) is 0 Å². The molecule has 0 spiro atoms. The van der Waals surface area contributed by atoms with Crippen molar-refractivity contribution >= 4 is 5.91 Å². The molecule has 4 nitrogen and oxygen atoms in total. The Hall–Kier alpha value is -0.610. The minimum absolute atomic E-state index is 0.127. The summed E-state index contributed by atoms with van der Waals surface area (Å²) in [5, 5.41) is 0. The molecule has 1 aliphatic carbocycles. The molecule has 0 aromatic carbocycles. The predicted molar refractivity (Wildman–Crippen MR) is 80.3 cm³/mol. The van der Waals surface area contributed by atoms with E-state index in [1.54, 1.807) is 7.11 Å². The first kappa shape index (κ1) is 15.8. The maximum Gasteiger partial charge on any atom is 0.225 e. The average Bonchev–Trinajstić information content (AvgIpc) is 2.46. The Labute approximate surface area is 123 Å². The molecule has 2 N–H and O–H groups in total. The third-order valence-electron chi connectivity index (χ3n) is 5.08. The lowest BCUT2D eigenvalue weighted by atomic mass is 9.78. The Balaban J connectivity index is 1.88. The van der Waals surface area contributed by atoms with Crippen molar-refractivity contribution in [3.63, 3.8) is 0 Å². The number of hydrogen-bond donors (Lipinski definition) is 1. The second-order valence-electron chi connectivity index (χ2n) is 6.72. The molecule has 116 valence electrons. The number of ether oxygens (including phenoxy) is 1. The van der Waals surface area contributed by atoms with Gasteiger partial charge in [0.2, 0.25) is 5.91 Å². The van der Waals surface area contributed by atoms with Crippen LogP contribution in [0.5, 0.6) is 0 Å². The van der Waals surface area contributed by atoms with E-state index in [4.69, 9.17) is 10.5 Å². The molecule has 4 atom stereocenters. The molecule has 20 heavy (non-hydrogen) atoms. The number of hydrogen-bond acceptors (Lipinski definition) is 3. The summed E-state index contributed by atoms with van der Waals surface area (Å²) in [5.74, 6) is 1.46. The number of likely N-dealkylation sites (tertiary alicyclic amines) is 1. The minimum atomic E-state index is 0.127. The second-order valence-corrected chi connectivity index (χ2v) is 6.72. The summed E-state index contributed by atoms with van der Waals surface area (Å²) in [6, 6.07) is 0.298. The van der Waals surface area contributed by atoms with Gasteiger partial charge in [0, 0.05) is 32.2 Å². The summed E-state index contributed by atoms with van der Waals surface area (Å²) >= 11 is 0. The smallest absolute Gasteiger partial charge is 0.225 e. The van der Waals surface area contributed by atoms with Crippen LogP contribution in [0.2, 0.25) is 0 Å². The van der Waals surface area contributed by atoms with Crippen molar-refractivity contribution in [2.24, 2.45) is 23.5 Å². The molecular weight excluding hydrogens is 252 g/mol. The zero-order valence-electron chi connectivity index (χ0n) is 13.0. The zero-order chi connectivity index (χ0) is 14.5. The summed E-state index contributed by atoms with van der Waals surface area (Å²) in [6.07, 6.45) is 6.77. The first-order valence-electron chi connectivity index (χ1n) is 8.15. The van der Waals surface area contributed by atoms with Gasteiger partial charge in [0.15, 0.2) is 0 Å². The quantitative estimate of drug-likeness (QED) is 0.858. The van der Waals surface area contributed by atoms with Crippen molar-refractivity contribution in [3.8, 4) is 0 Å². The van der Waals surface area contributed by atoms with E-state index in [1.807, 2.05) is 0 Å². The lowest BCUT2D eigenvalue weighted by Gasteiger charge is -2.37. The fraction of sp³-hybridized carbons (Fsp3) is 0.938. The number of amides is 1. The topological polar surface area (TPSA) is 55.6 Å². The van der Waals surface area contributed by atoms with Crippen LogP contribution in [0.15, 0.2) is 0 Å². The van der Waals surface area contributed by atoms with E-state index in [9.17, 15) is 4.79 Å². The van der Waals surface area contributed by atoms with E-state index >= 15 is 0 Å². The van der Waals surface area contributed by atoms with E-state index in [0.29, 0.717) is 23.8 Å². The molecule has 1 amide bonds. The number of piperidine rings is 1. The van der Waals surface area contributed by atoms with E-state index in [1.165, 1.54) is 12.8 Å². The molecule has 2 fully saturated rings. The van der Waals surface area contributed by atoms with E-state index in [-0.39, 0.29) is 5.92 Å². The number of carbonyl (C=O) groups excluding carboxylic acids is 1. The Bertz CT molecular complexity index is 320. The standard InChI is InChI=1S/C16H30N2O2/c1-12(14-6-3-7-15(17)9-14)16(19)18-8-4-5-13(10-18)11-20-2/h12-15H,3-11,17H2,1-2H3. The summed E-state index contributed by atoms with van der Waals surface area (Å²) in [7, 11) is 1.74. The maximum absolute atomic E-state index is 12.7. The van der Waals surface area contributed by atoms with Gasteiger partial charge in [-0.15, -0.1) is 0 Å². The van der Waals surface area contributed by atoms with Crippen molar-refractivity contribution in [1.82, 2.24) is 4.90 Å². The Kier molecular flexibility index (Phi) is 5.85. The maximum atomic E-state index is 12.7. The average molecular weight is 282 g/mol. The highest BCUT2D eigenvalue weighted by Crippen LogP contribution is 2.31. The van der Waals surface area contributed by atoms with Crippen LogP contribution in [0.25, 0.3) is 0 Å². The second kappa shape index (κ2) is 7.41. The fourth-order valence-electron chi connectivity index (χ4n) is 3.85. The number of rotatable bonds is 4. The predicted octanol–water partition coefficient (Wildman–Crippen LogP) is 2.02. The van der Waals surface area contributed by atoms with Crippen LogP contribution < -0.4 is 5.73 Å². The SMILES string of the molecule is COCC1CCCN(C(=O)C(C)C2CCCC(N)C2)C1. The number of nitrogens with zero attached hydrogens (tertiary/aromatic N) is 1. The molecular formula is C16H30N2O2. The normalized spacial score (nSPS) is 33.0. The van der Waals surface area contributed by atoms with Crippen LogP contribution >= 0.6 is 0 Å². The molecule has 2 aliphatic rings. The summed E-state index contributed by atoms with van der Waals surface area (Å²) in [4.78, 5) is 14.8. The largest absolute Gasteiger partial charge is 0.384 e. The fourth-order valence-corrected chi connectivity index (χ4v) is 3.85. The van der Waals surface area contributed by atoms with Gasteiger partial charge in [-0.1, -0.05) is 13.3 Å². The molecule has 0 radical (unpaired) electrons. The third-order valence-corrected chi connectivity index (χ3v) is 5.08. The first-order chi connectivity index (χ1) is 9.61. The van der Waals surface area contributed by atoms with Crippen LogP contribution in [-0.2, 0) is 9.53 Å². The summed E-state index contributed by atoms with van der Waals surface area (Å²) in [5.41, 5.74) is 6.06. The van der Waals surface area contributed by atoms with Gasteiger partial charge in [0.05, 0.1) is 6.61 Å². The van der Waals surface area contributed by atoms with Gasteiger partial charge in [0.25, 0.3) is 0 Å². The molecule has 1 saturated heterocycles. The highest BCUT2D eigenvalue weighted by atomic mass is 16.5. The Morgan fingerprint density at radius 2 is 2.15 bits per heavy atom. The number of carbonyl (C=O) groups is 1. The molecule has 0 aromatic rings. The van der Waals surface area contributed by atoms with Gasteiger partial charge in [0.1, 0.15) is 0 Å². The van der Waals surface area contributed by atoms with Crippen molar-refractivity contribution in [2.75, 3.05) is 26.8 Å². The molecule has 4 unspecified atom stereocenters. The summed E-state index contributed by atoms with van der Waals surface area (Å²) < 4.78 is 5.25. The van der Waals surface area contributed by atoms with Gasteiger partial charge in [-0.2, -0.15) is 0 Å². The lowest BCUT2D eigenvalue weighted by Crippen LogP contribution is -2.46. The third kappa shape index (κ3) is 3.95. The van der Waals surface area contributed by atoms with Crippen LogP contribution in [0.1, 0.15) is 45.4 Å². The molecule has 0 bridgehead atoms. The van der Waals surface area contributed by atoms with Crippen molar-refractivity contribution < 1.29 is 9.53 Å². The van der Waals surface area contributed by atoms with E-state index in [0.717, 1.165) is 45.4 Å². The Morgan fingerprint density at radius 1 is 1.35 bits per heavy atom.